The summed E-state index contributed by atoms with van der Waals surface area (Å²) in [6.07, 6.45) is 0. The maximum Gasteiger partial charge on any atom is 0.335 e. The number of carbonyl (C=O) groups is 5. The van der Waals surface area contributed by atoms with Gasteiger partial charge < -0.3 is 25.0 Å². The van der Waals surface area contributed by atoms with Crippen LogP contribution in [-0.4, -0.2) is 65.5 Å². The topological polar surface area (TPSA) is 145 Å². The molecule has 5 rings (SSSR count). The molecule has 49 heavy (non-hydrogen) atoms. The van der Waals surface area contributed by atoms with Gasteiger partial charge in [-0.05, 0) is 92.9 Å². The third-order valence-corrected chi connectivity index (χ3v) is 8.29. The van der Waals surface area contributed by atoms with E-state index in [-0.39, 0.29) is 30.8 Å². The fourth-order valence-corrected chi connectivity index (χ4v) is 5.78. The van der Waals surface area contributed by atoms with E-state index in [1.165, 1.54) is 29.2 Å². The number of carbonyl (C=O) groups excluding carboxylic acids is 4. The summed E-state index contributed by atoms with van der Waals surface area (Å²) in [6, 6.07) is 22.4. The highest BCUT2D eigenvalue weighted by Crippen LogP contribution is 2.36. The Labute approximate surface area is 284 Å². The number of fused-ring (bicyclic) bond motifs is 2. The van der Waals surface area contributed by atoms with Gasteiger partial charge in [0, 0.05) is 5.56 Å². The third kappa shape index (κ3) is 7.95. The summed E-state index contributed by atoms with van der Waals surface area (Å²) < 4.78 is 5.33. The van der Waals surface area contributed by atoms with Crippen LogP contribution in [0.15, 0.2) is 84.9 Å². The summed E-state index contributed by atoms with van der Waals surface area (Å²) in [6.45, 7) is 8.52. The van der Waals surface area contributed by atoms with Crippen LogP contribution in [0, 0.1) is 6.92 Å². The first kappa shape index (κ1) is 34.8. The van der Waals surface area contributed by atoms with Gasteiger partial charge in [-0.25, -0.2) is 4.79 Å². The number of nitrogens with one attached hydrogen (secondary N) is 2. The van der Waals surface area contributed by atoms with E-state index in [1.54, 1.807) is 56.9 Å². The van der Waals surface area contributed by atoms with E-state index in [1.807, 2.05) is 43.3 Å². The maximum atomic E-state index is 14.6. The molecule has 1 heterocycles. The normalized spacial score (nSPS) is 15.3. The molecule has 0 fully saturated rings. The van der Waals surface area contributed by atoms with Gasteiger partial charge in [0.05, 0.1) is 42.6 Å². The first-order valence-corrected chi connectivity index (χ1v) is 16.0. The van der Waals surface area contributed by atoms with Crippen molar-refractivity contribution >= 4 is 51.8 Å². The zero-order valence-corrected chi connectivity index (χ0v) is 28.2. The maximum absolute atomic E-state index is 14.6. The number of carboxylic acids is 1. The van der Waals surface area contributed by atoms with E-state index >= 15 is 0 Å². The number of nitrogens with zero attached hydrogens (tertiary/aromatic N) is 2. The number of amides is 3. The van der Waals surface area contributed by atoms with Crippen LogP contribution >= 0.6 is 0 Å². The number of rotatable bonds is 9. The average molecular weight is 665 g/mol. The van der Waals surface area contributed by atoms with Gasteiger partial charge in [0.15, 0.2) is 0 Å². The van der Waals surface area contributed by atoms with Crippen LogP contribution in [0.2, 0.25) is 0 Å². The van der Waals surface area contributed by atoms with E-state index in [9.17, 15) is 29.1 Å². The lowest BCUT2D eigenvalue weighted by Crippen LogP contribution is -2.56. The van der Waals surface area contributed by atoms with Gasteiger partial charge in [-0.1, -0.05) is 48.5 Å². The van der Waals surface area contributed by atoms with E-state index in [4.69, 9.17) is 4.74 Å². The van der Waals surface area contributed by atoms with Crippen LogP contribution in [0.3, 0.4) is 0 Å². The van der Waals surface area contributed by atoms with Gasteiger partial charge in [-0.2, -0.15) is 0 Å². The molecule has 3 amide bonds. The second-order valence-electron chi connectivity index (χ2n) is 13.0. The van der Waals surface area contributed by atoms with Gasteiger partial charge in [0.1, 0.15) is 11.6 Å². The second-order valence-corrected chi connectivity index (χ2v) is 13.0. The highest BCUT2D eigenvalue weighted by Gasteiger charge is 2.38. The Morgan fingerprint density at radius 3 is 2.20 bits per heavy atom. The van der Waals surface area contributed by atoms with Crippen LogP contribution < -0.4 is 20.4 Å². The molecule has 1 aliphatic heterocycles. The Hall–Kier alpha value is -5.55. The molecule has 0 aliphatic carbocycles. The summed E-state index contributed by atoms with van der Waals surface area (Å²) in [4.78, 5) is 69.0. The Morgan fingerprint density at radius 2 is 1.53 bits per heavy atom. The molecule has 0 radical (unpaired) electrons. The van der Waals surface area contributed by atoms with Crippen molar-refractivity contribution in [2.24, 2.45) is 0 Å². The first-order chi connectivity index (χ1) is 23.2. The lowest BCUT2D eigenvalue weighted by Gasteiger charge is -2.27. The van der Waals surface area contributed by atoms with Crippen LogP contribution in [-0.2, 0) is 25.7 Å². The van der Waals surface area contributed by atoms with Crippen LogP contribution in [0.4, 0.5) is 11.4 Å². The zero-order chi connectivity index (χ0) is 35.5. The predicted molar refractivity (Wildman–Crippen MR) is 187 cm³/mol. The number of carboxylic acid groups (broad SMARTS) is 1. The smallest absolute Gasteiger partial charge is 0.335 e. The molecule has 4 aromatic carbocycles. The van der Waals surface area contributed by atoms with Crippen molar-refractivity contribution in [2.75, 3.05) is 22.9 Å². The van der Waals surface area contributed by atoms with E-state index < -0.39 is 47.3 Å². The largest absolute Gasteiger partial charge is 0.478 e. The first-order valence-electron chi connectivity index (χ1n) is 16.0. The molecule has 2 atom stereocenters. The van der Waals surface area contributed by atoms with Crippen molar-refractivity contribution in [3.8, 4) is 0 Å². The quantitative estimate of drug-likeness (QED) is 0.216. The van der Waals surface area contributed by atoms with Crippen molar-refractivity contribution in [3.63, 3.8) is 0 Å². The van der Waals surface area contributed by atoms with Gasteiger partial charge in [0.25, 0.3) is 11.8 Å². The van der Waals surface area contributed by atoms with Crippen molar-refractivity contribution in [3.05, 3.63) is 107 Å². The number of para-hydroxylation sites is 2. The van der Waals surface area contributed by atoms with E-state index in [0.717, 1.165) is 21.9 Å². The minimum atomic E-state index is -1.18. The summed E-state index contributed by atoms with van der Waals surface area (Å²) >= 11 is 0. The monoisotopic (exact) mass is 664 g/mol. The molecule has 0 aromatic heterocycles. The van der Waals surface area contributed by atoms with Crippen molar-refractivity contribution in [1.82, 2.24) is 10.6 Å². The molecule has 11 nitrogen and oxygen atoms in total. The SMILES string of the molecule is Cc1ccc2ccccc2c1CN1C(=O)[C@@H](NC(=O)[C@H](C)NCC(=O)OC(C)(C)C)CN(C(=O)c2ccc(C(=O)O)cc2)c2ccccc21. The predicted octanol–water partition coefficient (Wildman–Crippen LogP) is 4.84. The van der Waals surface area contributed by atoms with E-state index in [2.05, 4.69) is 10.6 Å². The highest BCUT2D eigenvalue weighted by atomic mass is 16.6. The molecule has 1 aliphatic rings. The summed E-state index contributed by atoms with van der Waals surface area (Å²) in [5.74, 6) is -3.11. The second kappa shape index (κ2) is 14.3. The molecule has 0 saturated carbocycles. The molecule has 0 unspecified atom stereocenters. The van der Waals surface area contributed by atoms with Crippen molar-refractivity contribution in [2.45, 2.75) is 58.8 Å². The van der Waals surface area contributed by atoms with Crippen molar-refractivity contribution < 1.29 is 33.8 Å². The molecule has 0 bridgehead atoms. The number of anilines is 2. The molecule has 3 N–H and O–H groups in total. The number of ether oxygens (including phenoxy) is 1. The molecule has 0 saturated heterocycles. The van der Waals surface area contributed by atoms with E-state index in [0.29, 0.717) is 11.4 Å². The third-order valence-electron chi connectivity index (χ3n) is 8.29. The molecule has 11 heteroatoms. The Balaban J connectivity index is 1.52. The highest BCUT2D eigenvalue weighted by molar-refractivity contribution is 6.13. The number of benzene rings is 4. The lowest BCUT2D eigenvalue weighted by molar-refractivity contribution is -0.153. The molecular formula is C38H40N4O7. The van der Waals surface area contributed by atoms with Gasteiger partial charge in [0.2, 0.25) is 5.91 Å². The lowest BCUT2D eigenvalue weighted by atomic mass is 9.99. The number of hydrogen-bond donors (Lipinski definition) is 3. The minimum Gasteiger partial charge on any atom is -0.478 e. The zero-order valence-electron chi connectivity index (χ0n) is 28.2. The Bertz CT molecular complexity index is 1920. The summed E-state index contributed by atoms with van der Waals surface area (Å²) in [7, 11) is 0. The molecule has 0 spiro atoms. The average Bonchev–Trinajstić information content (AvgIpc) is 3.18. The Morgan fingerprint density at radius 1 is 0.898 bits per heavy atom. The van der Waals surface area contributed by atoms with Gasteiger partial charge in [-0.15, -0.1) is 0 Å². The number of aromatic carboxylic acids is 1. The summed E-state index contributed by atoms with van der Waals surface area (Å²) in [5.41, 5.74) is 2.36. The fraction of sp³-hybridized carbons (Fsp3) is 0.289. The minimum absolute atomic E-state index is 0.0256. The number of hydrogen-bond acceptors (Lipinski definition) is 7. The Kier molecular flexibility index (Phi) is 10.1. The van der Waals surface area contributed by atoms with Gasteiger partial charge >= 0.3 is 11.9 Å². The fourth-order valence-electron chi connectivity index (χ4n) is 5.78. The van der Waals surface area contributed by atoms with Crippen molar-refractivity contribution in [1.29, 1.82) is 0 Å². The van der Waals surface area contributed by atoms with Gasteiger partial charge in [-0.3, -0.25) is 24.5 Å². The van der Waals surface area contributed by atoms with Crippen LogP contribution in [0.25, 0.3) is 10.8 Å². The molecule has 254 valence electrons. The standard InChI is InChI=1S/C38H40N4O7/c1-23-14-15-25-10-6-7-11-28(25)29(23)21-41-31-12-8-9-13-32(31)42(35(45)26-16-18-27(19-17-26)37(47)48)22-30(36(41)46)40-34(44)24(2)39-20-33(43)49-38(3,4)5/h6-19,24,30,39H,20-22H2,1-5H3,(H,40,44)(H,47,48)/t24-,30-/m0/s1. The number of aryl methyl sites for hydroxylation is 1. The van der Waals surface area contributed by atoms with Crippen LogP contribution in [0.1, 0.15) is 59.5 Å². The summed E-state index contributed by atoms with van der Waals surface area (Å²) in [5, 5.41) is 17.0. The molecule has 4 aromatic rings. The molecular weight excluding hydrogens is 624 g/mol. The van der Waals surface area contributed by atoms with Crippen LogP contribution in [0.5, 0.6) is 0 Å². The number of esters is 1.